The van der Waals surface area contributed by atoms with Gasteiger partial charge in [-0.25, -0.2) is 4.98 Å². The molecule has 0 fully saturated rings. The van der Waals surface area contributed by atoms with Crippen LogP contribution in [0.1, 0.15) is 11.1 Å². The van der Waals surface area contributed by atoms with Gasteiger partial charge in [0, 0.05) is 6.07 Å². The first kappa shape index (κ1) is 12.2. The first-order chi connectivity index (χ1) is 8.60. The molecule has 18 heavy (non-hydrogen) atoms. The molecule has 2 N–H and O–H groups in total. The fraction of sp³-hybridized carbons (Fsp3) is 0.214. The van der Waals surface area contributed by atoms with Crippen LogP contribution >= 0.6 is 0 Å². The summed E-state index contributed by atoms with van der Waals surface area (Å²) >= 11 is 0. The van der Waals surface area contributed by atoms with Gasteiger partial charge in [-0.3, -0.25) is 0 Å². The highest BCUT2D eigenvalue weighted by atomic mass is 16.5. The molecule has 0 aliphatic carbocycles. The Kier molecular flexibility index (Phi) is 3.37. The predicted octanol–water partition coefficient (Wildman–Crippen LogP) is 3.08. The Balaban J connectivity index is 2.30. The van der Waals surface area contributed by atoms with Crippen molar-refractivity contribution in [1.29, 1.82) is 0 Å². The molecule has 0 radical (unpaired) electrons. The molecule has 0 saturated carbocycles. The van der Waals surface area contributed by atoms with Crippen LogP contribution < -0.4 is 15.2 Å². The van der Waals surface area contributed by atoms with Crippen molar-refractivity contribution in [1.82, 2.24) is 4.98 Å². The fourth-order valence-electron chi connectivity index (χ4n) is 1.57. The Labute approximate surface area is 106 Å². The molecule has 0 spiro atoms. The topological polar surface area (TPSA) is 57.4 Å². The molecule has 2 rings (SSSR count). The monoisotopic (exact) mass is 244 g/mol. The van der Waals surface area contributed by atoms with Crippen molar-refractivity contribution < 1.29 is 9.47 Å². The van der Waals surface area contributed by atoms with E-state index < -0.39 is 0 Å². The maximum Gasteiger partial charge on any atom is 0.219 e. The van der Waals surface area contributed by atoms with E-state index in [0.29, 0.717) is 23.1 Å². The van der Waals surface area contributed by atoms with Crippen molar-refractivity contribution in [2.24, 2.45) is 0 Å². The normalized spacial score (nSPS) is 10.2. The van der Waals surface area contributed by atoms with Gasteiger partial charge in [-0.1, -0.05) is 6.07 Å². The highest BCUT2D eigenvalue weighted by molar-refractivity contribution is 5.48. The van der Waals surface area contributed by atoms with Crippen LogP contribution in [0.3, 0.4) is 0 Å². The second kappa shape index (κ2) is 4.96. The van der Waals surface area contributed by atoms with Crippen LogP contribution in [0, 0.1) is 13.8 Å². The zero-order valence-electron chi connectivity index (χ0n) is 10.7. The summed E-state index contributed by atoms with van der Waals surface area (Å²) < 4.78 is 11.0. The Hall–Kier alpha value is -2.23. The second-order valence-electron chi connectivity index (χ2n) is 4.14. The van der Waals surface area contributed by atoms with Gasteiger partial charge in [0.1, 0.15) is 0 Å². The van der Waals surface area contributed by atoms with Gasteiger partial charge in [0.2, 0.25) is 5.88 Å². The number of anilines is 1. The van der Waals surface area contributed by atoms with Gasteiger partial charge >= 0.3 is 0 Å². The second-order valence-corrected chi connectivity index (χ2v) is 4.14. The maximum absolute atomic E-state index is 5.72. The number of nitrogens with two attached hydrogens (primary N) is 1. The number of rotatable bonds is 3. The van der Waals surface area contributed by atoms with E-state index in [0.717, 1.165) is 11.1 Å². The van der Waals surface area contributed by atoms with Crippen LogP contribution in [0.4, 0.5) is 5.69 Å². The Morgan fingerprint density at radius 1 is 1.11 bits per heavy atom. The summed E-state index contributed by atoms with van der Waals surface area (Å²) in [6.07, 6.45) is 1.59. The van der Waals surface area contributed by atoms with Crippen molar-refractivity contribution in [3.05, 3.63) is 41.6 Å². The highest BCUT2D eigenvalue weighted by Gasteiger charge is 2.07. The van der Waals surface area contributed by atoms with Crippen molar-refractivity contribution in [3.63, 3.8) is 0 Å². The average molecular weight is 244 g/mol. The van der Waals surface area contributed by atoms with E-state index in [1.165, 1.54) is 0 Å². The first-order valence-electron chi connectivity index (χ1n) is 5.65. The molecule has 0 saturated heterocycles. The lowest BCUT2D eigenvalue weighted by molar-refractivity contribution is 0.374. The van der Waals surface area contributed by atoms with Crippen LogP contribution in [0.15, 0.2) is 30.5 Å². The molecule has 0 bridgehead atoms. The molecule has 1 aromatic carbocycles. The van der Waals surface area contributed by atoms with Gasteiger partial charge in [-0.05, 0) is 37.1 Å². The van der Waals surface area contributed by atoms with Crippen molar-refractivity contribution >= 4 is 5.69 Å². The standard InChI is InChI=1S/C14H16N2O2/c1-9-4-5-12(13(6-9)17-3)18-14-7-10(2)11(15)8-16-14/h4-8H,15H2,1-3H3. The minimum Gasteiger partial charge on any atom is -0.493 e. The minimum absolute atomic E-state index is 0.504. The molecule has 2 aromatic rings. The number of aromatic nitrogens is 1. The molecule has 0 amide bonds. The van der Waals surface area contributed by atoms with E-state index in [-0.39, 0.29) is 0 Å². The molecule has 4 heteroatoms. The summed E-state index contributed by atoms with van der Waals surface area (Å²) in [7, 11) is 1.61. The lowest BCUT2D eigenvalue weighted by atomic mass is 10.2. The molecular weight excluding hydrogens is 228 g/mol. The number of ether oxygens (including phenoxy) is 2. The van der Waals surface area contributed by atoms with Crippen LogP contribution in [0.5, 0.6) is 17.4 Å². The van der Waals surface area contributed by atoms with Gasteiger partial charge in [0.05, 0.1) is 19.0 Å². The molecule has 0 unspecified atom stereocenters. The number of nitrogen functional groups attached to an aromatic ring is 1. The number of hydrogen-bond donors (Lipinski definition) is 1. The van der Waals surface area contributed by atoms with E-state index >= 15 is 0 Å². The third-order valence-corrected chi connectivity index (χ3v) is 2.66. The van der Waals surface area contributed by atoms with Gasteiger partial charge in [0.15, 0.2) is 11.5 Å². The lowest BCUT2D eigenvalue weighted by Crippen LogP contribution is -1.95. The van der Waals surface area contributed by atoms with E-state index in [9.17, 15) is 0 Å². The fourth-order valence-corrected chi connectivity index (χ4v) is 1.57. The molecule has 1 heterocycles. The maximum atomic E-state index is 5.72. The number of nitrogens with zero attached hydrogens (tertiary/aromatic N) is 1. The Bertz CT molecular complexity index is 568. The summed E-state index contributed by atoms with van der Waals surface area (Å²) in [6.45, 7) is 3.91. The van der Waals surface area contributed by atoms with Crippen molar-refractivity contribution in [3.8, 4) is 17.4 Å². The van der Waals surface area contributed by atoms with Crippen LogP contribution in [0.2, 0.25) is 0 Å². The number of pyridine rings is 1. The molecule has 0 atom stereocenters. The number of benzene rings is 1. The molecule has 0 aliphatic heterocycles. The van der Waals surface area contributed by atoms with E-state index in [4.69, 9.17) is 15.2 Å². The van der Waals surface area contributed by atoms with Gasteiger partial charge in [-0.2, -0.15) is 0 Å². The van der Waals surface area contributed by atoms with E-state index in [2.05, 4.69) is 4.98 Å². The van der Waals surface area contributed by atoms with Crippen LogP contribution in [0.25, 0.3) is 0 Å². The summed E-state index contributed by atoms with van der Waals surface area (Å²) in [6, 6.07) is 7.54. The number of aryl methyl sites for hydroxylation is 2. The summed E-state index contributed by atoms with van der Waals surface area (Å²) in [5.41, 5.74) is 8.41. The van der Waals surface area contributed by atoms with Crippen LogP contribution in [-0.4, -0.2) is 12.1 Å². The Morgan fingerprint density at radius 3 is 2.56 bits per heavy atom. The lowest BCUT2D eigenvalue weighted by Gasteiger charge is -2.11. The summed E-state index contributed by atoms with van der Waals surface area (Å²) in [4.78, 5) is 4.13. The smallest absolute Gasteiger partial charge is 0.219 e. The van der Waals surface area contributed by atoms with E-state index in [1.54, 1.807) is 19.4 Å². The third kappa shape index (κ3) is 2.53. The molecule has 4 nitrogen and oxygen atoms in total. The summed E-state index contributed by atoms with van der Waals surface area (Å²) in [5, 5.41) is 0. The van der Waals surface area contributed by atoms with E-state index in [1.807, 2.05) is 32.0 Å². The average Bonchev–Trinajstić information content (AvgIpc) is 2.36. The highest BCUT2D eigenvalue weighted by Crippen LogP contribution is 2.31. The third-order valence-electron chi connectivity index (χ3n) is 2.66. The van der Waals surface area contributed by atoms with Gasteiger partial charge in [0.25, 0.3) is 0 Å². The molecule has 1 aromatic heterocycles. The zero-order chi connectivity index (χ0) is 13.1. The SMILES string of the molecule is COc1cc(C)ccc1Oc1cc(C)c(N)cn1. The van der Waals surface area contributed by atoms with Gasteiger partial charge < -0.3 is 15.2 Å². The predicted molar refractivity (Wildman–Crippen MR) is 71.2 cm³/mol. The largest absolute Gasteiger partial charge is 0.493 e. The summed E-state index contributed by atoms with van der Waals surface area (Å²) in [5.74, 6) is 1.83. The van der Waals surface area contributed by atoms with Crippen molar-refractivity contribution in [2.45, 2.75) is 13.8 Å². The Morgan fingerprint density at radius 2 is 1.89 bits per heavy atom. The van der Waals surface area contributed by atoms with Crippen molar-refractivity contribution in [2.75, 3.05) is 12.8 Å². The number of methoxy groups -OCH3 is 1. The number of hydrogen-bond acceptors (Lipinski definition) is 4. The quantitative estimate of drug-likeness (QED) is 0.901. The minimum atomic E-state index is 0.504. The molecular formula is C14H16N2O2. The van der Waals surface area contributed by atoms with Gasteiger partial charge in [-0.15, -0.1) is 0 Å². The first-order valence-corrected chi connectivity index (χ1v) is 5.65. The molecule has 0 aliphatic rings. The zero-order valence-corrected chi connectivity index (χ0v) is 10.7. The van der Waals surface area contributed by atoms with Crippen LogP contribution in [-0.2, 0) is 0 Å². The molecule has 94 valence electrons.